The van der Waals surface area contributed by atoms with Crippen LogP contribution in [0.2, 0.25) is 0 Å². The van der Waals surface area contributed by atoms with E-state index < -0.39 is 0 Å². The van der Waals surface area contributed by atoms with Gasteiger partial charge in [0.1, 0.15) is 0 Å². The lowest BCUT2D eigenvalue weighted by Crippen LogP contribution is -2.39. The molecule has 2 aromatic carbocycles. The van der Waals surface area contributed by atoms with Crippen LogP contribution in [0.4, 0.5) is 10.5 Å². The summed E-state index contributed by atoms with van der Waals surface area (Å²) in [7, 11) is 0. The Labute approximate surface area is 170 Å². The number of nitrogens with zero attached hydrogens (tertiary/aromatic N) is 2. The topological polar surface area (TPSA) is 90.1 Å². The fourth-order valence-corrected chi connectivity index (χ4v) is 3.58. The summed E-state index contributed by atoms with van der Waals surface area (Å²) in [6.07, 6.45) is 2.38. The molecule has 7 nitrogen and oxygen atoms in total. The average molecular weight is 442 g/mol. The van der Waals surface area contributed by atoms with Crippen LogP contribution in [0.5, 0.6) is 0 Å². The maximum absolute atomic E-state index is 12.6. The molecule has 1 saturated heterocycles. The molecule has 144 valence electrons. The zero-order valence-corrected chi connectivity index (χ0v) is 16.7. The van der Waals surface area contributed by atoms with Crippen LogP contribution in [-0.2, 0) is 11.3 Å². The quantitative estimate of drug-likeness (QED) is 0.578. The first-order chi connectivity index (χ1) is 13.6. The molecule has 0 bridgehead atoms. The number of benzene rings is 2. The van der Waals surface area contributed by atoms with Gasteiger partial charge in [-0.25, -0.2) is 4.79 Å². The van der Waals surface area contributed by atoms with Crippen molar-refractivity contribution in [1.82, 2.24) is 20.4 Å². The third kappa shape index (κ3) is 4.17. The minimum Gasteiger partial charge on any atom is -0.334 e. The van der Waals surface area contributed by atoms with E-state index in [4.69, 9.17) is 0 Å². The van der Waals surface area contributed by atoms with Crippen molar-refractivity contribution in [3.05, 3.63) is 58.7 Å². The Hall–Kier alpha value is -2.87. The second-order valence-electron chi connectivity index (χ2n) is 6.88. The molecular weight excluding hydrogens is 422 g/mol. The number of hydrogen-bond donors (Lipinski definition) is 3. The maximum Gasteiger partial charge on any atom is 0.317 e. The van der Waals surface area contributed by atoms with E-state index in [0.717, 1.165) is 26.6 Å². The van der Waals surface area contributed by atoms with E-state index >= 15 is 0 Å². The largest absolute Gasteiger partial charge is 0.334 e. The number of H-pyrrole nitrogens is 1. The number of hydrogen-bond acceptors (Lipinski definition) is 3. The van der Waals surface area contributed by atoms with Gasteiger partial charge in [-0.3, -0.25) is 9.89 Å². The molecule has 1 aromatic heterocycles. The second-order valence-corrected chi connectivity index (χ2v) is 7.79. The van der Waals surface area contributed by atoms with Gasteiger partial charge in [0.15, 0.2) is 0 Å². The molecule has 1 fully saturated rings. The lowest BCUT2D eigenvalue weighted by atomic mass is 10.1. The van der Waals surface area contributed by atoms with Gasteiger partial charge in [0, 0.05) is 35.2 Å². The number of urea groups is 1. The van der Waals surface area contributed by atoms with Crippen LogP contribution in [0.25, 0.3) is 10.9 Å². The Bertz CT molecular complexity index is 1000. The van der Waals surface area contributed by atoms with Gasteiger partial charge >= 0.3 is 6.03 Å². The first-order valence-corrected chi connectivity index (χ1v) is 9.89. The number of rotatable bonds is 4. The summed E-state index contributed by atoms with van der Waals surface area (Å²) in [5.41, 5.74) is 2.68. The Morgan fingerprint density at radius 1 is 1.21 bits per heavy atom. The van der Waals surface area contributed by atoms with Gasteiger partial charge in [0.05, 0.1) is 17.6 Å². The van der Waals surface area contributed by atoms with Gasteiger partial charge in [-0.15, -0.1) is 0 Å². The molecule has 2 heterocycles. The van der Waals surface area contributed by atoms with Gasteiger partial charge in [-0.2, -0.15) is 5.10 Å². The van der Waals surface area contributed by atoms with Crippen LogP contribution >= 0.6 is 15.9 Å². The van der Waals surface area contributed by atoms with Crippen molar-refractivity contribution in [1.29, 1.82) is 0 Å². The van der Waals surface area contributed by atoms with Gasteiger partial charge in [0.25, 0.3) is 0 Å². The highest BCUT2D eigenvalue weighted by Crippen LogP contribution is 2.21. The zero-order valence-electron chi connectivity index (χ0n) is 15.1. The highest BCUT2D eigenvalue weighted by Gasteiger charge is 2.31. The van der Waals surface area contributed by atoms with E-state index in [9.17, 15) is 9.59 Å². The minimum absolute atomic E-state index is 0.0638. The number of aromatic amines is 1. The summed E-state index contributed by atoms with van der Waals surface area (Å²) < 4.78 is 1.00. The van der Waals surface area contributed by atoms with Crippen LogP contribution in [-0.4, -0.2) is 40.1 Å². The van der Waals surface area contributed by atoms with E-state index in [1.54, 1.807) is 11.1 Å². The van der Waals surface area contributed by atoms with Crippen LogP contribution < -0.4 is 10.6 Å². The second kappa shape index (κ2) is 8.02. The van der Waals surface area contributed by atoms with Gasteiger partial charge in [-0.05, 0) is 42.3 Å². The van der Waals surface area contributed by atoms with Crippen molar-refractivity contribution >= 4 is 44.5 Å². The molecule has 3 amide bonds. The van der Waals surface area contributed by atoms with Crippen molar-refractivity contribution in [2.24, 2.45) is 5.92 Å². The Balaban J connectivity index is 1.29. The van der Waals surface area contributed by atoms with Crippen molar-refractivity contribution < 1.29 is 9.59 Å². The summed E-state index contributed by atoms with van der Waals surface area (Å²) in [6, 6.07) is 13.3. The van der Waals surface area contributed by atoms with Crippen LogP contribution in [0.15, 0.2) is 53.1 Å². The summed E-state index contributed by atoms with van der Waals surface area (Å²) in [5, 5.41) is 13.7. The molecule has 1 unspecified atom stereocenters. The van der Waals surface area contributed by atoms with E-state index in [1.165, 1.54) is 0 Å². The first-order valence-electron chi connectivity index (χ1n) is 9.10. The molecule has 1 atom stereocenters. The molecule has 8 heteroatoms. The number of aromatic nitrogens is 2. The molecule has 1 aliphatic rings. The number of halogens is 1. The highest BCUT2D eigenvalue weighted by atomic mass is 79.9. The molecule has 4 rings (SSSR count). The molecule has 28 heavy (non-hydrogen) atoms. The molecule has 0 aliphatic carbocycles. The molecule has 1 aliphatic heterocycles. The van der Waals surface area contributed by atoms with E-state index in [0.29, 0.717) is 26.1 Å². The number of nitrogens with one attached hydrogen (secondary N) is 3. The minimum atomic E-state index is -0.210. The Kier molecular flexibility index (Phi) is 5.29. The predicted octanol–water partition coefficient (Wildman–Crippen LogP) is 3.50. The van der Waals surface area contributed by atoms with E-state index in [2.05, 4.69) is 36.8 Å². The third-order valence-corrected chi connectivity index (χ3v) is 5.44. The average Bonchev–Trinajstić information content (AvgIpc) is 3.36. The highest BCUT2D eigenvalue weighted by molar-refractivity contribution is 9.10. The lowest BCUT2D eigenvalue weighted by Gasteiger charge is -2.17. The van der Waals surface area contributed by atoms with Crippen molar-refractivity contribution in [2.75, 3.05) is 18.4 Å². The monoisotopic (exact) mass is 441 g/mol. The summed E-state index contributed by atoms with van der Waals surface area (Å²) in [5.74, 6) is -0.274. The van der Waals surface area contributed by atoms with Gasteiger partial charge in [0.2, 0.25) is 5.91 Å². The molecule has 0 spiro atoms. The van der Waals surface area contributed by atoms with Crippen LogP contribution in [0, 0.1) is 5.92 Å². The Morgan fingerprint density at radius 2 is 2.04 bits per heavy atom. The number of carbonyl (C=O) groups excluding carboxylic acids is 2. The number of likely N-dealkylation sites (tertiary alicyclic amines) is 1. The van der Waals surface area contributed by atoms with Crippen molar-refractivity contribution in [2.45, 2.75) is 13.0 Å². The van der Waals surface area contributed by atoms with Gasteiger partial charge < -0.3 is 15.5 Å². The molecule has 0 radical (unpaired) electrons. The maximum atomic E-state index is 12.6. The molecule has 3 N–H and O–H groups in total. The number of anilines is 1. The first kappa shape index (κ1) is 18.5. The van der Waals surface area contributed by atoms with Crippen molar-refractivity contribution in [3.8, 4) is 0 Å². The number of amides is 3. The fourth-order valence-electron chi connectivity index (χ4n) is 3.32. The van der Waals surface area contributed by atoms with Crippen LogP contribution in [0.3, 0.4) is 0 Å². The predicted molar refractivity (Wildman–Crippen MR) is 111 cm³/mol. The van der Waals surface area contributed by atoms with Crippen LogP contribution in [0.1, 0.15) is 12.0 Å². The SMILES string of the molecule is O=C(Nc1ccc2[nH]ncc2c1)C1CCN(C(=O)NCc2ccc(Br)cc2)C1. The third-order valence-electron chi connectivity index (χ3n) is 4.91. The van der Waals surface area contributed by atoms with Gasteiger partial charge in [-0.1, -0.05) is 28.1 Å². The normalized spacial score (nSPS) is 16.3. The van der Waals surface area contributed by atoms with Crippen molar-refractivity contribution in [3.63, 3.8) is 0 Å². The smallest absolute Gasteiger partial charge is 0.317 e. The number of carbonyl (C=O) groups is 2. The number of fused-ring (bicyclic) bond motifs is 1. The summed E-state index contributed by atoms with van der Waals surface area (Å²) >= 11 is 3.39. The van der Waals surface area contributed by atoms with E-state index in [-0.39, 0.29) is 17.9 Å². The molecule has 3 aromatic rings. The zero-order chi connectivity index (χ0) is 19.5. The lowest BCUT2D eigenvalue weighted by molar-refractivity contribution is -0.119. The van der Waals surface area contributed by atoms with E-state index in [1.807, 2.05) is 42.5 Å². The molecular formula is C20H20BrN5O2. The summed E-state index contributed by atoms with van der Waals surface area (Å²) in [6.45, 7) is 1.46. The Morgan fingerprint density at radius 3 is 2.86 bits per heavy atom. The standard InChI is InChI=1S/C20H20BrN5O2/c21-16-3-1-13(2-4-16)10-22-20(28)26-8-7-14(12-26)19(27)24-17-5-6-18-15(9-17)11-23-25-18/h1-6,9,11,14H,7-8,10,12H2,(H,22,28)(H,23,25)(H,24,27). The fraction of sp³-hybridized carbons (Fsp3) is 0.250. The molecule has 0 saturated carbocycles. The summed E-state index contributed by atoms with van der Waals surface area (Å²) in [4.78, 5) is 26.7.